The average Bonchev–Trinajstić information content (AvgIpc) is 3.04. The van der Waals surface area contributed by atoms with Gasteiger partial charge in [-0.25, -0.2) is 8.42 Å². The quantitative estimate of drug-likeness (QED) is 0.143. The van der Waals surface area contributed by atoms with Gasteiger partial charge in [-0.2, -0.15) is 0 Å². The number of amides is 2. The van der Waals surface area contributed by atoms with Crippen LogP contribution in [-0.4, -0.2) is 44.0 Å². The molecule has 0 atom stereocenters. The second kappa shape index (κ2) is 13.4. The predicted octanol–water partition coefficient (Wildman–Crippen LogP) is 5.71. The number of sulfone groups is 1. The second-order valence-corrected chi connectivity index (χ2v) is 12.8. The smallest absolute Gasteiger partial charge is 0.255 e. The molecule has 0 spiro atoms. The van der Waals surface area contributed by atoms with Crippen molar-refractivity contribution in [3.63, 3.8) is 0 Å². The highest BCUT2D eigenvalue weighted by atomic mass is 32.2. The summed E-state index contributed by atoms with van der Waals surface area (Å²) in [5.74, 6) is -0.619. The highest BCUT2D eigenvalue weighted by Crippen LogP contribution is 2.35. The van der Waals surface area contributed by atoms with Crippen LogP contribution in [0.2, 0.25) is 0 Å². The molecule has 0 aliphatic carbocycles. The molecule has 236 valence electrons. The van der Waals surface area contributed by atoms with Gasteiger partial charge in [0.15, 0.2) is 0 Å². The normalized spacial score (nSPS) is 11.3. The standard InChI is InChI=1S/C35H34N4O6S/c1-21-15-26(13-12-23(21)8-6-14-40)39-35(42)24-7-4-11-28(17-24)46(43,44)29-16-22(2)32-30(19-29)33(31(20-37-32)34(36)41)38-25-9-5-10-27(18-25)45-3/h4-5,7,9-13,15-20,40H,6,8,14H2,1-3H3,(H2,36,41)(H,37,38)(H,39,42). The van der Waals surface area contributed by atoms with E-state index in [1.165, 1.54) is 43.6 Å². The summed E-state index contributed by atoms with van der Waals surface area (Å²) in [6.07, 6.45) is 2.73. The Morgan fingerprint density at radius 3 is 2.41 bits per heavy atom. The Morgan fingerprint density at radius 1 is 0.913 bits per heavy atom. The molecule has 4 aromatic carbocycles. The largest absolute Gasteiger partial charge is 0.497 e. The minimum Gasteiger partial charge on any atom is -0.497 e. The number of nitrogens with zero attached hydrogens (tertiary/aromatic N) is 1. The van der Waals surface area contributed by atoms with Crippen molar-refractivity contribution in [3.8, 4) is 5.75 Å². The fraction of sp³-hybridized carbons (Fsp3) is 0.171. The van der Waals surface area contributed by atoms with Gasteiger partial charge in [0.2, 0.25) is 9.84 Å². The van der Waals surface area contributed by atoms with E-state index in [9.17, 15) is 18.0 Å². The van der Waals surface area contributed by atoms with E-state index in [0.29, 0.717) is 45.7 Å². The van der Waals surface area contributed by atoms with Crippen molar-refractivity contribution in [2.45, 2.75) is 36.5 Å². The molecule has 11 heteroatoms. The maximum Gasteiger partial charge on any atom is 0.255 e. The van der Waals surface area contributed by atoms with E-state index in [0.717, 1.165) is 17.5 Å². The Balaban J connectivity index is 1.51. The van der Waals surface area contributed by atoms with E-state index in [2.05, 4.69) is 15.6 Å². The number of rotatable bonds is 11. The minimum absolute atomic E-state index is 0.0405. The summed E-state index contributed by atoms with van der Waals surface area (Å²) in [5.41, 5.74) is 10.5. The Bertz CT molecular complexity index is 2080. The van der Waals surface area contributed by atoms with Crippen LogP contribution in [-0.2, 0) is 16.3 Å². The van der Waals surface area contributed by atoms with Gasteiger partial charge < -0.3 is 26.2 Å². The molecular weight excluding hydrogens is 604 g/mol. The maximum absolute atomic E-state index is 14.0. The lowest BCUT2D eigenvalue weighted by atomic mass is 10.0. The zero-order valence-corrected chi connectivity index (χ0v) is 26.4. The molecule has 10 nitrogen and oxygen atoms in total. The zero-order chi connectivity index (χ0) is 33.0. The third-order valence-electron chi connectivity index (χ3n) is 7.66. The summed E-state index contributed by atoms with van der Waals surface area (Å²) in [7, 11) is -2.59. The fourth-order valence-electron chi connectivity index (χ4n) is 5.24. The molecule has 0 aliphatic heterocycles. The first kappa shape index (κ1) is 32.1. The van der Waals surface area contributed by atoms with Crippen molar-refractivity contribution < 1.29 is 27.9 Å². The van der Waals surface area contributed by atoms with Crippen molar-refractivity contribution >= 4 is 49.6 Å². The number of aliphatic hydroxyl groups is 1. The number of carbonyl (C=O) groups is 2. The van der Waals surface area contributed by atoms with Gasteiger partial charge in [0.1, 0.15) is 5.75 Å². The number of carbonyl (C=O) groups excluding carboxylic acids is 2. The lowest BCUT2D eigenvalue weighted by molar-refractivity contribution is 0.0998. The van der Waals surface area contributed by atoms with Crippen molar-refractivity contribution in [1.29, 1.82) is 0 Å². The van der Waals surface area contributed by atoms with Crippen LogP contribution < -0.4 is 21.1 Å². The number of primary amides is 1. The molecule has 0 aliphatic rings. The topological polar surface area (TPSA) is 161 Å². The molecule has 1 heterocycles. The number of anilines is 3. The van der Waals surface area contributed by atoms with Gasteiger partial charge >= 0.3 is 0 Å². The van der Waals surface area contributed by atoms with Crippen molar-refractivity contribution in [3.05, 3.63) is 113 Å². The van der Waals surface area contributed by atoms with Crippen LogP contribution in [0.4, 0.5) is 17.1 Å². The second-order valence-electron chi connectivity index (χ2n) is 10.9. The van der Waals surface area contributed by atoms with Gasteiger partial charge in [0, 0.05) is 41.2 Å². The third-order valence-corrected chi connectivity index (χ3v) is 9.39. The number of nitrogens with one attached hydrogen (secondary N) is 2. The third kappa shape index (κ3) is 6.70. The van der Waals surface area contributed by atoms with Crippen molar-refractivity contribution in [1.82, 2.24) is 4.98 Å². The molecule has 5 N–H and O–H groups in total. The molecule has 2 amide bonds. The van der Waals surface area contributed by atoms with E-state index < -0.39 is 21.7 Å². The summed E-state index contributed by atoms with van der Waals surface area (Å²) in [6.45, 7) is 3.76. The van der Waals surface area contributed by atoms with Gasteiger partial charge in [0.05, 0.1) is 33.7 Å². The maximum atomic E-state index is 14.0. The van der Waals surface area contributed by atoms with Crippen LogP contribution in [0.15, 0.2) is 94.9 Å². The number of ether oxygens (including phenoxy) is 1. The minimum atomic E-state index is -4.13. The molecule has 5 rings (SSSR count). The predicted molar refractivity (Wildman–Crippen MR) is 178 cm³/mol. The number of methoxy groups -OCH3 is 1. The fourth-order valence-corrected chi connectivity index (χ4v) is 6.65. The van der Waals surface area contributed by atoms with Crippen LogP contribution in [0.3, 0.4) is 0 Å². The first-order chi connectivity index (χ1) is 22.0. The molecule has 0 radical (unpaired) electrons. The first-order valence-corrected chi connectivity index (χ1v) is 16.0. The molecular formula is C35H34N4O6S. The number of aromatic nitrogens is 1. The SMILES string of the molecule is COc1cccc(Nc2c(C(N)=O)cnc3c(C)cc(S(=O)(=O)c4cccc(C(=O)Nc5ccc(CCCO)c(C)c5)c4)cc23)c1. The molecule has 0 unspecified atom stereocenters. The Kier molecular flexibility index (Phi) is 9.36. The van der Waals surface area contributed by atoms with Crippen LogP contribution in [0, 0.1) is 13.8 Å². The number of hydrogen-bond acceptors (Lipinski definition) is 8. The van der Waals surface area contributed by atoms with Gasteiger partial charge in [0.25, 0.3) is 11.8 Å². The van der Waals surface area contributed by atoms with E-state index in [1.807, 2.05) is 19.1 Å². The number of pyridine rings is 1. The van der Waals surface area contributed by atoms with E-state index in [4.69, 9.17) is 15.6 Å². The zero-order valence-electron chi connectivity index (χ0n) is 25.6. The summed E-state index contributed by atoms with van der Waals surface area (Å²) in [5, 5.41) is 15.5. The van der Waals surface area contributed by atoms with Gasteiger partial charge in [-0.05, 0) is 98.0 Å². The summed E-state index contributed by atoms with van der Waals surface area (Å²) >= 11 is 0. The van der Waals surface area contributed by atoms with Crippen molar-refractivity contribution in [2.24, 2.45) is 5.73 Å². The number of aliphatic hydroxyl groups excluding tert-OH is 1. The van der Waals surface area contributed by atoms with Crippen LogP contribution in [0.1, 0.15) is 43.8 Å². The van der Waals surface area contributed by atoms with E-state index in [1.54, 1.807) is 43.3 Å². The lowest BCUT2D eigenvalue weighted by Gasteiger charge is -2.16. The van der Waals surface area contributed by atoms with Gasteiger partial charge in [-0.15, -0.1) is 0 Å². The molecule has 5 aromatic rings. The Morgan fingerprint density at radius 2 is 1.70 bits per heavy atom. The Hall–Kier alpha value is -5.26. The van der Waals surface area contributed by atoms with E-state index in [-0.39, 0.29) is 27.5 Å². The van der Waals surface area contributed by atoms with Crippen molar-refractivity contribution in [2.75, 3.05) is 24.4 Å². The number of benzene rings is 4. The van der Waals surface area contributed by atoms with Gasteiger partial charge in [-0.1, -0.05) is 18.2 Å². The monoisotopic (exact) mass is 638 g/mol. The Labute approximate surface area is 267 Å². The lowest BCUT2D eigenvalue weighted by Crippen LogP contribution is -2.15. The highest BCUT2D eigenvalue weighted by molar-refractivity contribution is 7.91. The van der Waals surface area contributed by atoms with Crippen LogP contribution in [0.5, 0.6) is 5.75 Å². The average molecular weight is 639 g/mol. The van der Waals surface area contributed by atoms with Gasteiger partial charge in [-0.3, -0.25) is 14.6 Å². The van der Waals surface area contributed by atoms with Crippen LogP contribution >= 0.6 is 0 Å². The molecule has 46 heavy (non-hydrogen) atoms. The molecule has 0 saturated heterocycles. The molecule has 0 saturated carbocycles. The number of fused-ring (bicyclic) bond motifs is 1. The number of aryl methyl sites for hydroxylation is 3. The number of hydrogen-bond donors (Lipinski definition) is 4. The number of nitrogens with two attached hydrogens (primary N) is 1. The summed E-state index contributed by atoms with van der Waals surface area (Å²) < 4.78 is 33.3. The highest BCUT2D eigenvalue weighted by Gasteiger charge is 2.23. The van der Waals surface area contributed by atoms with E-state index >= 15 is 0 Å². The summed E-state index contributed by atoms with van der Waals surface area (Å²) in [4.78, 5) is 29.9. The molecule has 0 bridgehead atoms. The molecule has 0 fully saturated rings. The van der Waals surface area contributed by atoms with Crippen LogP contribution in [0.25, 0.3) is 10.9 Å². The first-order valence-electron chi connectivity index (χ1n) is 14.5. The summed E-state index contributed by atoms with van der Waals surface area (Å²) in [6, 6.07) is 21.4. The molecule has 1 aromatic heterocycles.